The Bertz CT molecular complexity index is 584. The SMILES string of the molecule is Cn1cc(-c2cc(Cl)c(F)c(C(C)(C)C)c2)nn1. The molecule has 2 aromatic rings. The molecule has 96 valence electrons. The molecule has 0 saturated heterocycles. The minimum atomic E-state index is -0.364. The van der Waals surface area contributed by atoms with Crippen molar-refractivity contribution in [1.82, 2.24) is 15.0 Å². The Morgan fingerprint density at radius 3 is 2.44 bits per heavy atom. The summed E-state index contributed by atoms with van der Waals surface area (Å²) in [5, 5.41) is 7.99. The van der Waals surface area contributed by atoms with Gasteiger partial charge in [0.25, 0.3) is 0 Å². The molecule has 0 saturated carbocycles. The van der Waals surface area contributed by atoms with Crippen LogP contribution in [0.2, 0.25) is 5.02 Å². The molecule has 0 amide bonds. The molecular formula is C13H15ClFN3. The second kappa shape index (κ2) is 4.35. The van der Waals surface area contributed by atoms with Crippen molar-refractivity contribution in [3.63, 3.8) is 0 Å². The van der Waals surface area contributed by atoms with Crippen molar-refractivity contribution < 1.29 is 4.39 Å². The molecule has 18 heavy (non-hydrogen) atoms. The topological polar surface area (TPSA) is 30.7 Å². The van der Waals surface area contributed by atoms with E-state index in [2.05, 4.69) is 10.3 Å². The highest BCUT2D eigenvalue weighted by Crippen LogP contribution is 2.33. The molecule has 0 aliphatic carbocycles. The third-order valence-corrected chi connectivity index (χ3v) is 3.01. The summed E-state index contributed by atoms with van der Waals surface area (Å²) < 4.78 is 15.6. The van der Waals surface area contributed by atoms with Crippen LogP contribution in [0.1, 0.15) is 26.3 Å². The van der Waals surface area contributed by atoms with Gasteiger partial charge in [0.1, 0.15) is 11.5 Å². The van der Waals surface area contributed by atoms with Crippen molar-refractivity contribution in [2.45, 2.75) is 26.2 Å². The van der Waals surface area contributed by atoms with Crippen LogP contribution in [-0.4, -0.2) is 15.0 Å². The highest BCUT2D eigenvalue weighted by atomic mass is 35.5. The summed E-state index contributed by atoms with van der Waals surface area (Å²) in [5.74, 6) is -0.364. The van der Waals surface area contributed by atoms with Crippen LogP contribution in [0.4, 0.5) is 4.39 Å². The molecule has 5 heteroatoms. The Morgan fingerprint density at radius 1 is 1.28 bits per heavy atom. The molecule has 0 N–H and O–H groups in total. The van der Waals surface area contributed by atoms with Crippen LogP contribution in [0.5, 0.6) is 0 Å². The van der Waals surface area contributed by atoms with Gasteiger partial charge in [-0.1, -0.05) is 37.6 Å². The molecule has 0 spiro atoms. The molecule has 3 nitrogen and oxygen atoms in total. The number of rotatable bonds is 1. The molecule has 2 rings (SSSR count). The maximum atomic E-state index is 14.0. The van der Waals surface area contributed by atoms with Gasteiger partial charge in [0.15, 0.2) is 0 Å². The van der Waals surface area contributed by atoms with Crippen LogP contribution in [0.25, 0.3) is 11.3 Å². The summed E-state index contributed by atoms with van der Waals surface area (Å²) >= 11 is 5.95. The van der Waals surface area contributed by atoms with Gasteiger partial charge in [-0.25, -0.2) is 4.39 Å². The summed E-state index contributed by atoms with van der Waals surface area (Å²) in [5.41, 5.74) is 1.73. The van der Waals surface area contributed by atoms with Gasteiger partial charge in [-0.15, -0.1) is 5.10 Å². The van der Waals surface area contributed by atoms with Gasteiger partial charge in [0, 0.05) is 12.6 Å². The smallest absolute Gasteiger partial charge is 0.145 e. The van der Waals surface area contributed by atoms with Gasteiger partial charge in [0.05, 0.1) is 11.2 Å². The van der Waals surface area contributed by atoms with Gasteiger partial charge in [-0.05, 0) is 23.1 Å². The number of hydrogen-bond donors (Lipinski definition) is 0. The molecule has 0 atom stereocenters. The minimum absolute atomic E-state index is 0.114. The minimum Gasteiger partial charge on any atom is -0.255 e. The van der Waals surface area contributed by atoms with Crippen LogP contribution in [0.15, 0.2) is 18.3 Å². The molecule has 1 aromatic carbocycles. The highest BCUT2D eigenvalue weighted by molar-refractivity contribution is 6.31. The van der Waals surface area contributed by atoms with Crippen molar-refractivity contribution >= 4 is 11.6 Å². The van der Waals surface area contributed by atoms with E-state index in [1.54, 1.807) is 30.1 Å². The van der Waals surface area contributed by atoms with E-state index >= 15 is 0 Å². The van der Waals surface area contributed by atoms with E-state index in [0.717, 1.165) is 5.56 Å². The Labute approximate surface area is 111 Å². The zero-order chi connectivity index (χ0) is 13.5. The van der Waals surface area contributed by atoms with Crippen LogP contribution >= 0.6 is 11.6 Å². The van der Waals surface area contributed by atoms with E-state index in [0.29, 0.717) is 11.3 Å². The first-order valence-electron chi connectivity index (χ1n) is 5.65. The Hall–Kier alpha value is -1.42. The lowest BCUT2D eigenvalue weighted by atomic mass is 9.85. The van der Waals surface area contributed by atoms with Crippen LogP contribution in [0, 0.1) is 5.82 Å². The molecule has 1 aromatic heterocycles. The van der Waals surface area contributed by atoms with Crippen LogP contribution in [0.3, 0.4) is 0 Å². The van der Waals surface area contributed by atoms with E-state index in [-0.39, 0.29) is 16.3 Å². The normalized spacial score (nSPS) is 11.9. The summed E-state index contributed by atoms with van der Waals surface area (Å²) in [6.45, 7) is 5.84. The molecule has 0 radical (unpaired) electrons. The van der Waals surface area contributed by atoms with E-state index in [1.807, 2.05) is 20.8 Å². The van der Waals surface area contributed by atoms with Crippen LogP contribution in [-0.2, 0) is 12.5 Å². The Morgan fingerprint density at radius 2 is 1.94 bits per heavy atom. The van der Waals surface area contributed by atoms with Gasteiger partial charge < -0.3 is 0 Å². The molecule has 0 fully saturated rings. The largest absolute Gasteiger partial charge is 0.255 e. The fourth-order valence-electron chi connectivity index (χ4n) is 1.76. The fraction of sp³-hybridized carbons (Fsp3) is 0.385. The molecule has 0 bridgehead atoms. The van der Waals surface area contributed by atoms with E-state index in [4.69, 9.17) is 11.6 Å². The van der Waals surface area contributed by atoms with Crippen molar-refractivity contribution in [3.05, 3.63) is 34.7 Å². The quantitative estimate of drug-likeness (QED) is 0.791. The maximum Gasteiger partial charge on any atom is 0.145 e. The lowest BCUT2D eigenvalue weighted by Gasteiger charge is -2.21. The Balaban J connectivity index is 2.61. The van der Waals surface area contributed by atoms with E-state index in [9.17, 15) is 4.39 Å². The predicted molar refractivity (Wildman–Crippen MR) is 70.1 cm³/mol. The molecule has 0 aliphatic rings. The Kier molecular flexibility index (Phi) is 3.15. The fourth-order valence-corrected chi connectivity index (χ4v) is 1.98. The molecular weight excluding hydrogens is 253 g/mol. The lowest BCUT2D eigenvalue weighted by molar-refractivity contribution is 0.523. The van der Waals surface area contributed by atoms with E-state index < -0.39 is 0 Å². The zero-order valence-corrected chi connectivity index (χ0v) is 11.6. The second-order valence-electron chi connectivity index (χ2n) is 5.35. The summed E-state index contributed by atoms with van der Waals surface area (Å²) in [7, 11) is 1.78. The van der Waals surface area contributed by atoms with Crippen molar-refractivity contribution in [3.8, 4) is 11.3 Å². The number of aromatic nitrogens is 3. The molecule has 1 heterocycles. The van der Waals surface area contributed by atoms with Gasteiger partial charge in [0.2, 0.25) is 0 Å². The van der Waals surface area contributed by atoms with E-state index in [1.165, 1.54) is 0 Å². The van der Waals surface area contributed by atoms with Gasteiger partial charge >= 0.3 is 0 Å². The molecule has 0 unspecified atom stereocenters. The average molecular weight is 268 g/mol. The summed E-state index contributed by atoms with van der Waals surface area (Å²) in [4.78, 5) is 0. The maximum absolute atomic E-state index is 14.0. The first-order valence-corrected chi connectivity index (χ1v) is 6.03. The van der Waals surface area contributed by atoms with Crippen molar-refractivity contribution in [1.29, 1.82) is 0 Å². The predicted octanol–water partition coefficient (Wildman–Crippen LogP) is 3.57. The van der Waals surface area contributed by atoms with Crippen LogP contribution < -0.4 is 0 Å². The standard InChI is InChI=1S/C13H15ClFN3/c1-13(2,3)9-5-8(6-10(14)12(9)15)11-7-18(4)17-16-11/h5-7H,1-4H3. The third kappa shape index (κ3) is 2.38. The summed E-state index contributed by atoms with van der Waals surface area (Å²) in [6, 6.07) is 3.36. The first kappa shape index (κ1) is 13.0. The number of aryl methyl sites for hydroxylation is 1. The first-order chi connectivity index (χ1) is 8.29. The average Bonchev–Trinajstić information content (AvgIpc) is 2.67. The zero-order valence-electron chi connectivity index (χ0n) is 10.8. The summed E-state index contributed by atoms with van der Waals surface area (Å²) in [6.07, 6.45) is 1.77. The monoisotopic (exact) mass is 267 g/mol. The second-order valence-corrected chi connectivity index (χ2v) is 5.75. The highest BCUT2D eigenvalue weighted by Gasteiger charge is 2.22. The number of benzene rings is 1. The number of nitrogens with zero attached hydrogens (tertiary/aromatic N) is 3. The van der Waals surface area contributed by atoms with Gasteiger partial charge in [-0.2, -0.15) is 0 Å². The lowest BCUT2D eigenvalue weighted by Crippen LogP contribution is -2.14. The van der Waals surface area contributed by atoms with Crippen molar-refractivity contribution in [2.24, 2.45) is 7.05 Å². The van der Waals surface area contributed by atoms with Gasteiger partial charge in [-0.3, -0.25) is 4.68 Å². The molecule has 0 aliphatic heterocycles. The number of halogens is 2. The number of hydrogen-bond acceptors (Lipinski definition) is 2. The third-order valence-electron chi connectivity index (χ3n) is 2.73. The van der Waals surface area contributed by atoms with Crippen molar-refractivity contribution in [2.75, 3.05) is 0 Å².